The number of nitrogens with zero attached hydrogens (tertiary/aromatic N) is 1. The second-order valence-corrected chi connectivity index (χ2v) is 3.84. The summed E-state index contributed by atoms with van der Waals surface area (Å²) in [6, 6.07) is 2.20. The van der Waals surface area contributed by atoms with E-state index in [4.69, 9.17) is 0 Å². The molecule has 0 saturated carbocycles. The van der Waals surface area contributed by atoms with Crippen LogP contribution in [0.3, 0.4) is 0 Å². The van der Waals surface area contributed by atoms with Crippen molar-refractivity contribution < 1.29 is 18.9 Å². The molecule has 0 heterocycles. The summed E-state index contributed by atoms with van der Waals surface area (Å²) in [5.74, 6) is 0. The second-order valence-electron chi connectivity index (χ2n) is 3.84. The van der Waals surface area contributed by atoms with Gasteiger partial charge in [-0.15, -0.1) is 11.1 Å². The fourth-order valence-corrected chi connectivity index (χ4v) is 1.51. The molecule has 0 radical (unpaired) electrons. The minimum absolute atomic E-state index is 0. The van der Waals surface area contributed by atoms with Gasteiger partial charge < -0.3 is 4.90 Å². The number of rotatable bonds is 1. The van der Waals surface area contributed by atoms with Gasteiger partial charge in [-0.1, -0.05) is 31.2 Å². The van der Waals surface area contributed by atoms with Crippen LogP contribution in [0.5, 0.6) is 0 Å². The van der Waals surface area contributed by atoms with Gasteiger partial charge in [-0.3, -0.25) is 0 Å². The molecule has 0 atom stereocenters. The summed E-state index contributed by atoms with van der Waals surface area (Å²) in [4.78, 5) is 2.11. The van der Waals surface area contributed by atoms with Crippen LogP contribution in [0.2, 0.25) is 0 Å². The Hall–Kier alpha value is -0.513. The van der Waals surface area contributed by atoms with Crippen LogP contribution < -0.4 is 23.8 Å². The smallest absolute Gasteiger partial charge is 0.428 e. The quantitative estimate of drug-likeness (QED) is 0.433. The van der Waals surface area contributed by atoms with Crippen molar-refractivity contribution in [2.24, 2.45) is 0 Å². The Kier molecular flexibility index (Phi) is 4.64. The fraction of sp³-hybridized carbons (Fsp3) is 0.417. The van der Waals surface area contributed by atoms with Crippen molar-refractivity contribution >= 4 is 5.69 Å². The molecule has 0 aliphatic rings. The predicted octanol–water partition coefficient (Wildman–Crippen LogP) is -0.136. The first-order valence-corrected chi connectivity index (χ1v) is 4.55. The first-order chi connectivity index (χ1) is 5.95. The average molecular weight is 183 g/mol. The van der Waals surface area contributed by atoms with Crippen molar-refractivity contribution in [3.8, 4) is 0 Å². The standard InChI is InChI=1S/C12H18N.Li/c1-8-7-12(13(5)6)11(4)10(3)9(8)2;/h7H,4H2,1-3,5-6H3;/q-1;+1. The summed E-state index contributed by atoms with van der Waals surface area (Å²) in [5.41, 5.74) is 6.38. The summed E-state index contributed by atoms with van der Waals surface area (Å²) >= 11 is 0. The Morgan fingerprint density at radius 1 is 1.07 bits per heavy atom. The van der Waals surface area contributed by atoms with Gasteiger partial charge in [-0.05, 0) is 21.0 Å². The summed E-state index contributed by atoms with van der Waals surface area (Å²) in [6.45, 7) is 10.5. The minimum atomic E-state index is 0. The third-order valence-corrected chi connectivity index (χ3v) is 2.75. The van der Waals surface area contributed by atoms with Crippen LogP contribution in [0.15, 0.2) is 6.07 Å². The molecule has 0 aliphatic carbocycles. The molecule has 1 nitrogen and oxygen atoms in total. The van der Waals surface area contributed by atoms with Crippen molar-refractivity contribution in [2.45, 2.75) is 20.8 Å². The molecule has 72 valence electrons. The third kappa shape index (κ3) is 2.29. The van der Waals surface area contributed by atoms with Gasteiger partial charge in [0.25, 0.3) is 0 Å². The van der Waals surface area contributed by atoms with Gasteiger partial charge in [0.1, 0.15) is 0 Å². The van der Waals surface area contributed by atoms with E-state index in [-0.39, 0.29) is 18.9 Å². The van der Waals surface area contributed by atoms with E-state index in [9.17, 15) is 0 Å². The van der Waals surface area contributed by atoms with Gasteiger partial charge in [-0.2, -0.15) is 12.5 Å². The molecule has 0 aromatic heterocycles. The normalized spacial score (nSPS) is 9.50. The van der Waals surface area contributed by atoms with E-state index in [0.717, 1.165) is 5.56 Å². The Bertz CT molecular complexity index is 330. The largest absolute Gasteiger partial charge is 1.00 e. The molecule has 1 rings (SSSR count). The monoisotopic (exact) mass is 183 g/mol. The van der Waals surface area contributed by atoms with Gasteiger partial charge in [0, 0.05) is 0 Å². The molecule has 0 N–H and O–H groups in total. The summed E-state index contributed by atoms with van der Waals surface area (Å²) in [7, 11) is 4.11. The van der Waals surface area contributed by atoms with Gasteiger partial charge in [0.15, 0.2) is 0 Å². The van der Waals surface area contributed by atoms with E-state index < -0.39 is 0 Å². The maximum absolute atomic E-state index is 4.10. The number of aryl methyl sites for hydroxylation is 1. The van der Waals surface area contributed by atoms with E-state index in [1.165, 1.54) is 22.4 Å². The van der Waals surface area contributed by atoms with Gasteiger partial charge in [-0.25, -0.2) is 0 Å². The van der Waals surface area contributed by atoms with Crippen molar-refractivity contribution in [3.05, 3.63) is 35.2 Å². The van der Waals surface area contributed by atoms with Gasteiger partial charge >= 0.3 is 18.9 Å². The van der Waals surface area contributed by atoms with Crippen molar-refractivity contribution in [2.75, 3.05) is 19.0 Å². The van der Waals surface area contributed by atoms with Gasteiger partial charge in [0.2, 0.25) is 0 Å². The SMILES string of the molecule is [CH2-]c1c(N(C)C)cc(C)c(C)c1C.[Li+]. The van der Waals surface area contributed by atoms with E-state index in [2.05, 4.69) is 52.8 Å². The second kappa shape index (κ2) is 4.82. The molecule has 1 aromatic carbocycles. The third-order valence-electron chi connectivity index (χ3n) is 2.75. The van der Waals surface area contributed by atoms with Crippen LogP contribution in [-0.4, -0.2) is 14.1 Å². The first kappa shape index (κ1) is 13.5. The van der Waals surface area contributed by atoms with E-state index >= 15 is 0 Å². The van der Waals surface area contributed by atoms with Crippen molar-refractivity contribution in [1.82, 2.24) is 0 Å². The van der Waals surface area contributed by atoms with Crippen molar-refractivity contribution in [3.63, 3.8) is 0 Å². The minimum Gasteiger partial charge on any atom is -0.428 e. The zero-order valence-corrected chi connectivity index (χ0v) is 10.2. The number of anilines is 1. The van der Waals surface area contributed by atoms with Crippen molar-refractivity contribution in [1.29, 1.82) is 0 Å². The van der Waals surface area contributed by atoms with E-state index in [1.54, 1.807) is 0 Å². The molecular formula is C12H18LiN. The number of benzene rings is 1. The molecule has 0 fully saturated rings. The summed E-state index contributed by atoms with van der Waals surface area (Å²) in [6.07, 6.45) is 0. The van der Waals surface area contributed by atoms with Crippen LogP contribution in [-0.2, 0) is 0 Å². The molecule has 0 amide bonds. The Balaban J connectivity index is 0.00000169. The molecule has 0 bridgehead atoms. The van der Waals surface area contributed by atoms with Crippen LogP contribution in [0, 0.1) is 27.7 Å². The molecular weight excluding hydrogens is 165 g/mol. The Morgan fingerprint density at radius 2 is 1.57 bits per heavy atom. The molecule has 2 heteroatoms. The molecule has 0 aliphatic heterocycles. The zero-order chi connectivity index (χ0) is 10.2. The van der Waals surface area contributed by atoms with Crippen LogP contribution in [0.25, 0.3) is 0 Å². The van der Waals surface area contributed by atoms with Crippen LogP contribution in [0.1, 0.15) is 22.3 Å². The number of hydrogen-bond acceptors (Lipinski definition) is 1. The topological polar surface area (TPSA) is 3.24 Å². The molecule has 0 unspecified atom stereocenters. The average Bonchev–Trinajstić information content (AvgIpc) is 2.07. The maximum Gasteiger partial charge on any atom is 1.00 e. The maximum atomic E-state index is 4.10. The van der Waals surface area contributed by atoms with E-state index in [0.29, 0.717) is 0 Å². The Labute approximate surface area is 99.7 Å². The summed E-state index contributed by atoms with van der Waals surface area (Å²) in [5, 5.41) is 0. The summed E-state index contributed by atoms with van der Waals surface area (Å²) < 4.78 is 0. The van der Waals surface area contributed by atoms with E-state index in [1.807, 2.05) is 0 Å². The fourth-order valence-electron chi connectivity index (χ4n) is 1.51. The first-order valence-electron chi connectivity index (χ1n) is 4.55. The van der Waals surface area contributed by atoms with Crippen LogP contribution in [0.4, 0.5) is 5.69 Å². The molecule has 0 saturated heterocycles. The molecule has 1 aromatic rings. The number of hydrogen-bond donors (Lipinski definition) is 0. The molecule has 0 spiro atoms. The predicted molar refractivity (Wildman–Crippen MR) is 59.4 cm³/mol. The van der Waals surface area contributed by atoms with Gasteiger partial charge in [0.05, 0.1) is 0 Å². The van der Waals surface area contributed by atoms with Crippen LogP contribution >= 0.6 is 0 Å². The Morgan fingerprint density at radius 3 is 2.00 bits per heavy atom. The molecule has 14 heavy (non-hydrogen) atoms. The zero-order valence-electron chi connectivity index (χ0n) is 10.2.